The first-order valence-electron chi connectivity index (χ1n) is 8.07. The van der Waals surface area contributed by atoms with E-state index in [0.717, 1.165) is 37.5 Å². The molecule has 7 heteroatoms. The van der Waals surface area contributed by atoms with Crippen LogP contribution >= 0.6 is 36.2 Å². The van der Waals surface area contributed by atoms with Crippen molar-refractivity contribution >= 4 is 42.1 Å². The number of nitrogens with one attached hydrogen (secondary N) is 2. The molecule has 0 bridgehead atoms. The van der Waals surface area contributed by atoms with Gasteiger partial charge in [0.15, 0.2) is 0 Å². The van der Waals surface area contributed by atoms with E-state index in [1.54, 1.807) is 11.3 Å². The molecule has 1 aliphatic heterocycles. The summed E-state index contributed by atoms with van der Waals surface area (Å²) in [5, 5.41) is 9.67. The summed E-state index contributed by atoms with van der Waals surface area (Å²) in [6, 6.07) is 0. The molecule has 1 aliphatic rings. The Morgan fingerprint density at radius 1 is 1.39 bits per heavy atom. The number of carbonyl (C=O) groups excluding carboxylic acids is 1. The molecular formula is C16H29Cl2N3OS. The Morgan fingerprint density at radius 2 is 2.09 bits per heavy atom. The first-order chi connectivity index (χ1) is 10.1. The van der Waals surface area contributed by atoms with Crippen molar-refractivity contribution in [2.75, 3.05) is 19.6 Å². The molecule has 0 radical (unpaired) electrons. The zero-order valence-electron chi connectivity index (χ0n) is 14.0. The van der Waals surface area contributed by atoms with Crippen LogP contribution in [0.25, 0.3) is 0 Å². The van der Waals surface area contributed by atoms with Crippen molar-refractivity contribution in [2.45, 2.75) is 51.9 Å². The lowest BCUT2D eigenvalue weighted by molar-refractivity contribution is -0.121. The molecular weight excluding hydrogens is 353 g/mol. The normalized spacial score (nSPS) is 14.9. The average molecular weight is 382 g/mol. The Hall–Kier alpha value is -0.360. The first kappa shape index (κ1) is 22.6. The summed E-state index contributed by atoms with van der Waals surface area (Å²) in [7, 11) is 0. The van der Waals surface area contributed by atoms with Gasteiger partial charge in [-0.2, -0.15) is 0 Å². The highest BCUT2D eigenvalue weighted by atomic mass is 35.5. The zero-order valence-corrected chi connectivity index (χ0v) is 16.4. The summed E-state index contributed by atoms with van der Waals surface area (Å²) < 4.78 is 0. The molecule has 1 saturated heterocycles. The second-order valence-electron chi connectivity index (χ2n) is 6.16. The van der Waals surface area contributed by atoms with E-state index in [4.69, 9.17) is 0 Å². The highest BCUT2D eigenvalue weighted by Crippen LogP contribution is 2.19. The van der Waals surface area contributed by atoms with Gasteiger partial charge in [0.05, 0.1) is 10.7 Å². The Morgan fingerprint density at radius 3 is 2.70 bits per heavy atom. The summed E-state index contributed by atoms with van der Waals surface area (Å²) in [6.45, 7) is 7.23. The van der Waals surface area contributed by atoms with Crippen LogP contribution in [-0.2, 0) is 11.2 Å². The van der Waals surface area contributed by atoms with Crippen LogP contribution in [0.1, 0.15) is 56.2 Å². The molecule has 23 heavy (non-hydrogen) atoms. The standard InChI is InChI=1S/C16H27N3OS.2ClH/c1-12(2)16-19-14(11-21-16)7-10-18-15(20)4-3-13-5-8-17-9-6-13;;/h11-13,17H,3-10H2,1-2H3,(H,18,20);2*1H. The number of thiazole rings is 1. The fourth-order valence-corrected chi connectivity index (χ4v) is 3.50. The van der Waals surface area contributed by atoms with Gasteiger partial charge in [-0.3, -0.25) is 4.79 Å². The maximum absolute atomic E-state index is 11.8. The molecule has 2 N–H and O–H groups in total. The van der Waals surface area contributed by atoms with Crippen LogP contribution in [0.5, 0.6) is 0 Å². The molecule has 0 atom stereocenters. The third-order valence-electron chi connectivity index (χ3n) is 4.01. The maximum atomic E-state index is 11.8. The average Bonchev–Trinajstić information content (AvgIpc) is 2.95. The molecule has 0 saturated carbocycles. The number of carbonyl (C=O) groups is 1. The van der Waals surface area contributed by atoms with E-state index < -0.39 is 0 Å². The van der Waals surface area contributed by atoms with Crippen molar-refractivity contribution in [1.29, 1.82) is 0 Å². The molecule has 0 unspecified atom stereocenters. The molecule has 1 aromatic heterocycles. The van der Waals surface area contributed by atoms with Gasteiger partial charge < -0.3 is 10.6 Å². The molecule has 0 spiro atoms. The van der Waals surface area contributed by atoms with Crippen LogP contribution in [0, 0.1) is 5.92 Å². The summed E-state index contributed by atoms with van der Waals surface area (Å²) >= 11 is 1.72. The van der Waals surface area contributed by atoms with Gasteiger partial charge in [-0.25, -0.2) is 4.98 Å². The topological polar surface area (TPSA) is 54.0 Å². The first-order valence-corrected chi connectivity index (χ1v) is 8.95. The van der Waals surface area contributed by atoms with Gasteiger partial charge in [-0.1, -0.05) is 13.8 Å². The molecule has 134 valence electrons. The number of amides is 1. The van der Waals surface area contributed by atoms with Crippen LogP contribution in [-0.4, -0.2) is 30.5 Å². The van der Waals surface area contributed by atoms with Crippen molar-refractivity contribution in [3.05, 3.63) is 16.1 Å². The maximum Gasteiger partial charge on any atom is 0.220 e. The Kier molecular flexibility index (Phi) is 11.9. The lowest BCUT2D eigenvalue weighted by atomic mass is 9.93. The van der Waals surface area contributed by atoms with E-state index in [1.807, 2.05) is 0 Å². The second kappa shape index (κ2) is 12.1. The van der Waals surface area contributed by atoms with Gasteiger partial charge in [0, 0.05) is 30.7 Å². The van der Waals surface area contributed by atoms with Crippen molar-refractivity contribution in [1.82, 2.24) is 15.6 Å². The van der Waals surface area contributed by atoms with Crippen LogP contribution in [0.2, 0.25) is 0 Å². The predicted molar refractivity (Wildman–Crippen MR) is 102 cm³/mol. The number of halogens is 2. The highest BCUT2D eigenvalue weighted by molar-refractivity contribution is 7.09. The molecule has 2 rings (SSSR count). The quantitative estimate of drug-likeness (QED) is 0.758. The van der Waals surface area contributed by atoms with Crippen molar-refractivity contribution in [3.8, 4) is 0 Å². The summed E-state index contributed by atoms with van der Waals surface area (Å²) in [4.78, 5) is 16.4. The summed E-state index contributed by atoms with van der Waals surface area (Å²) in [5.74, 6) is 1.40. The number of hydrogen-bond donors (Lipinski definition) is 2. The largest absolute Gasteiger partial charge is 0.356 e. The van der Waals surface area contributed by atoms with Gasteiger partial charge in [0.1, 0.15) is 0 Å². The van der Waals surface area contributed by atoms with E-state index in [0.29, 0.717) is 18.9 Å². The van der Waals surface area contributed by atoms with Crippen LogP contribution < -0.4 is 10.6 Å². The van der Waals surface area contributed by atoms with Gasteiger partial charge in [-0.15, -0.1) is 36.2 Å². The molecule has 0 aromatic carbocycles. The van der Waals surface area contributed by atoms with Gasteiger partial charge >= 0.3 is 0 Å². The molecule has 1 fully saturated rings. The Balaban J connectivity index is 0.00000242. The number of hydrogen-bond acceptors (Lipinski definition) is 4. The minimum Gasteiger partial charge on any atom is -0.356 e. The molecule has 0 aliphatic carbocycles. The third kappa shape index (κ3) is 8.34. The minimum atomic E-state index is 0. The Bertz CT molecular complexity index is 448. The van der Waals surface area contributed by atoms with E-state index >= 15 is 0 Å². The van der Waals surface area contributed by atoms with Crippen LogP contribution in [0.4, 0.5) is 0 Å². The smallest absolute Gasteiger partial charge is 0.220 e. The van der Waals surface area contributed by atoms with Crippen molar-refractivity contribution < 1.29 is 4.79 Å². The SMILES string of the molecule is CC(C)c1nc(CCNC(=O)CCC2CCNCC2)cs1.Cl.Cl. The predicted octanol–water partition coefficient (Wildman–Crippen LogP) is 3.55. The minimum absolute atomic E-state index is 0. The summed E-state index contributed by atoms with van der Waals surface area (Å²) in [5.41, 5.74) is 1.10. The monoisotopic (exact) mass is 381 g/mol. The molecule has 1 aromatic rings. The number of nitrogens with zero attached hydrogens (tertiary/aromatic N) is 1. The van der Waals surface area contributed by atoms with Crippen LogP contribution in [0.3, 0.4) is 0 Å². The molecule has 2 heterocycles. The van der Waals surface area contributed by atoms with E-state index in [2.05, 4.69) is 34.8 Å². The van der Waals surface area contributed by atoms with Gasteiger partial charge in [0.2, 0.25) is 5.91 Å². The third-order valence-corrected chi connectivity index (χ3v) is 5.20. The van der Waals surface area contributed by atoms with Crippen LogP contribution in [0.15, 0.2) is 5.38 Å². The van der Waals surface area contributed by atoms with E-state index in [9.17, 15) is 4.79 Å². The number of piperidine rings is 1. The van der Waals surface area contributed by atoms with Crippen molar-refractivity contribution in [2.24, 2.45) is 5.92 Å². The Labute approximate surface area is 156 Å². The summed E-state index contributed by atoms with van der Waals surface area (Å²) in [6.07, 6.45) is 4.96. The molecule has 4 nitrogen and oxygen atoms in total. The fraction of sp³-hybridized carbons (Fsp3) is 0.750. The van der Waals surface area contributed by atoms with Gasteiger partial charge in [0.25, 0.3) is 0 Å². The molecule has 1 amide bonds. The lowest BCUT2D eigenvalue weighted by Gasteiger charge is -2.22. The highest BCUT2D eigenvalue weighted by Gasteiger charge is 2.14. The number of rotatable bonds is 7. The second-order valence-corrected chi connectivity index (χ2v) is 7.05. The number of aromatic nitrogens is 1. The zero-order chi connectivity index (χ0) is 15.1. The fourth-order valence-electron chi connectivity index (χ4n) is 2.63. The van der Waals surface area contributed by atoms with Gasteiger partial charge in [-0.05, 0) is 38.3 Å². The van der Waals surface area contributed by atoms with E-state index in [1.165, 1.54) is 17.8 Å². The van der Waals surface area contributed by atoms with Crippen molar-refractivity contribution in [3.63, 3.8) is 0 Å². The lowest BCUT2D eigenvalue weighted by Crippen LogP contribution is -2.30. The van der Waals surface area contributed by atoms with E-state index in [-0.39, 0.29) is 30.7 Å².